The molecule has 0 radical (unpaired) electrons. The van der Waals surface area contributed by atoms with E-state index in [9.17, 15) is 0 Å². The van der Waals surface area contributed by atoms with E-state index in [0.29, 0.717) is 76.4 Å². The first-order chi connectivity index (χ1) is 69.6. The first-order valence-electron chi connectivity index (χ1n) is 50.6. The van der Waals surface area contributed by atoms with E-state index < -0.39 is 0 Å². The van der Waals surface area contributed by atoms with E-state index >= 15 is 0 Å². The molecule has 0 saturated heterocycles. The van der Waals surface area contributed by atoms with Crippen molar-refractivity contribution < 1.29 is 99.8 Å². The molecule has 0 unspecified atom stereocenters. The maximum absolute atomic E-state index is 8.99. The Morgan fingerprint density at radius 1 is 0.164 bits per heavy atom. The molecular formula is C125H182O21. The maximum Gasteiger partial charge on any atom is 0.203 e. The second-order valence-electron chi connectivity index (χ2n) is 39.2. The molecule has 0 atom stereocenters. The quantitative estimate of drug-likeness (QED) is 0.0378. The van der Waals surface area contributed by atoms with Gasteiger partial charge in [-0.15, -0.1) is 0 Å². The van der Waals surface area contributed by atoms with Gasteiger partial charge in [-0.05, 0) is 283 Å². The number of phenols is 1. The molecule has 0 saturated carbocycles. The van der Waals surface area contributed by atoms with Crippen molar-refractivity contribution in [1.82, 2.24) is 0 Å². The Bertz CT molecular complexity index is 5260. The Morgan fingerprint density at radius 3 is 0.932 bits per heavy atom. The van der Waals surface area contributed by atoms with Gasteiger partial charge in [0, 0.05) is 35.9 Å². The third kappa shape index (κ3) is 50.4. The number of phenolic OH excluding ortho intramolecular Hbond substituents is 1. The summed E-state index contributed by atoms with van der Waals surface area (Å²) in [4.78, 5) is 0. The van der Waals surface area contributed by atoms with E-state index in [4.69, 9.17) is 99.8 Å². The van der Waals surface area contributed by atoms with Crippen LogP contribution >= 0.6 is 0 Å². The first kappa shape index (κ1) is 129. The van der Waals surface area contributed by atoms with Crippen molar-refractivity contribution in [1.29, 1.82) is 0 Å². The number of para-hydroxylation sites is 2. The Labute approximate surface area is 880 Å². The topological polar surface area (TPSA) is 205 Å². The van der Waals surface area contributed by atoms with E-state index in [-0.39, 0.29) is 0 Å². The summed E-state index contributed by atoms with van der Waals surface area (Å²) in [5.74, 6) is 23.8. The number of rotatable bonds is 41. The lowest BCUT2D eigenvalue weighted by atomic mass is 10.0. The van der Waals surface area contributed by atoms with Crippen molar-refractivity contribution in [3.05, 3.63) is 262 Å². The van der Waals surface area contributed by atoms with Gasteiger partial charge in [-0.2, -0.15) is 0 Å². The predicted molar refractivity (Wildman–Crippen MR) is 603 cm³/mol. The molecule has 21 nitrogen and oxygen atoms in total. The number of hydrogen-bond donors (Lipinski definition) is 1. The van der Waals surface area contributed by atoms with Gasteiger partial charge in [-0.1, -0.05) is 205 Å². The standard InChI is InChI=1S/C16H18O.3C13H20O3.5C12H18O2.C10H14O/c1-13(2)11-14-7-6-10-16(12-14)17-15-8-4-3-5-9-15;1-9(2)6-11-12(15-4)7-10(14-3)8-13(11)16-5;1-9(2)6-10-7-12(15-4)13(16-5)8-11(10)14-3;1-9(2)6-10-7-11(14-3)13(16-5)12(8-10)15-4;1-9(2)5-10-6-11(13-3)8-12(7-10)14-4;1-9(2)7-10-8-11(13-3)5-6-12(10)14-4;1-9(2)7-10-5-6-11(13-3)8-12(10)14-4;1-9(2)7-10-5-6-11(13-3)12(8-10)14-4;1-9(2)8-10-6-5-7-11(13-3)12(10)14-4;1-8(2)7-9-3-5-10(11)6-4-9/h3-10,12-13H,11H2,1-2H3;3*7-9H,6H2,1-5H3;6-9H,5H2,1-4H3;3*5-6,8-9H,7H2,1-4H3;5-7,9H,8H2,1-4H3;3-6,8,11H,7H2,1-2H3. The SMILES string of the molecule is CC(C)Cc1ccc(O)cc1.CC(C)Cc1cccc(Oc2ccccc2)c1.COc1cc(CC(C)C)cc(OC)c1.COc1cc(CC(C)C)cc(OC)c1OC.COc1cc(OC)c(CC(C)C)c(OC)c1.COc1cc(OC)c(OC)cc1CC(C)C.COc1ccc(CC(C)C)c(OC)c1.COc1ccc(CC(C)C)cc1OC.COc1ccc(OC)c(CC(C)C)c1.COc1cccc(CC(C)C)c1OC. The fraction of sp³-hybridized carbons (Fsp3) is 0.472. The van der Waals surface area contributed by atoms with E-state index in [1.807, 2.05) is 146 Å². The number of ether oxygens (including phenoxy) is 20. The van der Waals surface area contributed by atoms with Crippen LogP contribution in [0.3, 0.4) is 0 Å². The van der Waals surface area contributed by atoms with Crippen LogP contribution in [-0.4, -0.2) is 140 Å². The van der Waals surface area contributed by atoms with Crippen LogP contribution in [-0.2, 0) is 64.2 Å². The Kier molecular flexibility index (Phi) is 64.2. The number of methoxy groups -OCH3 is 19. The van der Waals surface area contributed by atoms with Crippen LogP contribution in [0.2, 0.25) is 0 Å². The van der Waals surface area contributed by atoms with Crippen molar-refractivity contribution in [2.75, 3.05) is 135 Å². The summed E-state index contributed by atoms with van der Waals surface area (Å²) in [6, 6.07) is 67.2. The minimum atomic E-state index is 0.345. The number of hydrogen-bond acceptors (Lipinski definition) is 21. The van der Waals surface area contributed by atoms with Crippen molar-refractivity contribution >= 4 is 0 Å². The highest BCUT2D eigenvalue weighted by Gasteiger charge is 2.20. The van der Waals surface area contributed by atoms with E-state index in [2.05, 4.69) is 187 Å². The third-order valence-corrected chi connectivity index (χ3v) is 21.8. The maximum atomic E-state index is 8.99. The second-order valence-corrected chi connectivity index (χ2v) is 39.2. The molecule has 808 valence electrons. The zero-order chi connectivity index (χ0) is 110. The van der Waals surface area contributed by atoms with Gasteiger partial charge in [0.25, 0.3) is 0 Å². The fourth-order valence-corrected chi connectivity index (χ4v) is 15.5. The van der Waals surface area contributed by atoms with Crippen LogP contribution in [0.25, 0.3) is 0 Å². The van der Waals surface area contributed by atoms with Crippen LogP contribution in [0.15, 0.2) is 206 Å². The fourth-order valence-electron chi connectivity index (χ4n) is 15.5. The molecule has 0 aliphatic rings. The zero-order valence-corrected chi connectivity index (χ0v) is 96.1. The highest BCUT2D eigenvalue weighted by atomic mass is 16.5. The molecule has 0 aromatic heterocycles. The Hall–Kier alpha value is -12.8. The van der Waals surface area contributed by atoms with Gasteiger partial charge < -0.3 is 99.8 Å². The molecular weight excluding hydrogens is 1840 g/mol. The number of aromatic hydroxyl groups is 1. The Morgan fingerprint density at radius 2 is 0.493 bits per heavy atom. The average molecular weight is 2020 g/mol. The minimum absolute atomic E-state index is 0.345. The van der Waals surface area contributed by atoms with Crippen LogP contribution < -0.4 is 94.7 Å². The molecule has 0 amide bonds. The highest BCUT2D eigenvalue weighted by molar-refractivity contribution is 5.56. The smallest absolute Gasteiger partial charge is 0.203 e. The van der Waals surface area contributed by atoms with Gasteiger partial charge in [0.15, 0.2) is 46.0 Å². The molecule has 0 spiro atoms. The molecule has 0 heterocycles. The third-order valence-electron chi connectivity index (χ3n) is 21.8. The monoisotopic (exact) mass is 2020 g/mol. The second kappa shape index (κ2) is 72.5. The molecule has 1 N–H and O–H groups in total. The minimum Gasteiger partial charge on any atom is -0.508 e. The summed E-state index contributed by atoms with van der Waals surface area (Å²) in [6.07, 6.45) is 10.2. The van der Waals surface area contributed by atoms with Gasteiger partial charge in [0.1, 0.15) is 74.7 Å². The summed E-state index contributed by atoms with van der Waals surface area (Å²) in [6.45, 7) is 43.9. The molecule has 11 rings (SSSR count). The molecule has 0 bridgehead atoms. The van der Waals surface area contributed by atoms with Gasteiger partial charge in [0.05, 0.1) is 135 Å². The van der Waals surface area contributed by atoms with E-state index in [1.54, 1.807) is 147 Å². The van der Waals surface area contributed by atoms with Crippen LogP contribution in [0.1, 0.15) is 194 Å². The molecule has 11 aromatic rings. The Balaban J connectivity index is 0.000000549. The lowest BCUT2D eigenvalue weighted by molar-refractivity contribution is 0.323. The molecule has 0 aliphatic carbocycles. The molecule has 0 aliphatic heterocycles. The largest absolute Gasteiger partial charge is 0.508 e. The summed E-state index contributed by atoms with van der Waals surface area (Å²) < 4.78 is 106. The molecule has 21 heteroatoms. The van der Waals surface area contributed by atoms with Crippen LogP contribution in [0.5, 0.6) is 126 Å². The zero-order valence-electron chi connectivity index (χ0n) is 96.1. The van der Waals surface area contributed by atoms with Gasteiger partial charge >= 0.3 is 0 Å². The molecule has 11 aromatic carbocycles. The van der Waals surface area contributed by atoms with Crippen molar-refractivity contribution in [2.45, 2.75) is 203 Å². The summed E-state index contributed by atoms with van der Waals surface area (Å²) >= 11 is 0. The molecule has 0 fully saturated rings. The highest BCUT2D eigenvalue weighted by Crippen LogP contribution is 2.42. The summed E-state index contributed by atoms with van der Waals surface area (Å²) in [7, 11) is 31.5. The van der Waals surface area contributed by atoms with Crippen molar-refractivity contribution in [3.63, 3.8) is 0 Å². The van der Waals surface area contributed by atoms with Crippen LogP contribution in [0.4, 0.5) is 0 Å². The first-order valence-corrected chi connectivity index (χ1v) is 50.6. The lowest BCUT2D eigenvalue weighted by Crippen LogP contribution is -2.02. The van der Waals surface area contributed by atoms with Crippen molar-refractivity contribution in [3.8, 4) is 126 Å². The number of benzene rings is 11. The van der Waals surface area contributed by atoms with Crippen molar-refractivity contribution in [2.24, 2.45) is 59.2 Å². The summed E-state index contributed by atoms with van der Waals surface area (Å²) in [5, 5.41) is 8.99. The van der Waals surface area contributed by atoms with E-state index in [0.717, 1.165) is 185 Å². The van der Waals surface area contributed by atoms with Crippen LogP contribution in [0, 0.1) is 59.2 Å². The van der Waals surface area contributed by atoms with Gasteiger partial charge in [-0.3, -0.25) is 0 Å². The van der Waals surface area contributed by atoms with Gasteiger partial charge in [0.2, 0.25) is 5.75 Å². The normalized spacial score (nSPS) is 10.4. The molecule has 146 heavy (non-hydrogen) atoms. The average Bonchev–Trinajstić information content (AvgIpc) is 0.823. The summed E-state index contributed by atoms with van der Waals surface area (Å²) in [5.41, 5.74) is 12.3. The lowest BCUT2D eigenvalue weighted by Gasteiger charge is -2.16. The van der Waals surface area contributed by atoms with E-state index in [1.165, 1.54) is 44.5 Å². The predicted octanol–water partition coefficient (Wildman–Crippen LogP) is 30.5. The van der Waals surface area contributed by atoms with Gasteiger partial charge in [-0.25, -0.2) is 0 Å².